The summed E-state index contributed by atoms with van der Waals surface area (Å²) >= 11 is 0. The number of nitrogens with one attached hydrogen (secondary N) is 1. The molecule has 114 valence electrons. The second kappa shape index (κ2) is 5.57. The lowest BCUT2D eigenvalue weighted by Gasteiger charge is -2.26. The minimum Gasteiger partial charge on any atom is -0.337 e. The minimum atomic E-state index is -0.687. The monoisotopic (exact) mass is 293 g/mol. The summed E-state index contributed by atoms with van der Waals surface area (Å²) < 4.78 is 14.2. The number of anilines is 1. The van der Waals surface area contributed by atoms with Gasteiger partial charge in [-0.3, -0.25) is 9.69 Å². The van der Waals surface area contributed by atoms with Gasteiger partial charge in [0.05, 0.1) is 5.56 Å². The van der Waals surface area contributed by atoms with Crippen LogP contribution in [0.15, 0.2) is 12.3 Å². The van der Waals surface area contributed by atoms with Gasteiger partial charge in [-0.15, -0.1) is 0 Å². The fourth-order valence-electron chi connectivity index (χ4n) is 3.37. The lowest BCUT2D eigenvalue weighted by molar-refractivity contribution is 0.0735. The number of aromatic nitrogens is 1. The Bertz CT molecular complexity index is 552. The van der Waals surface area contributed by atoms with Gasteiger partial charge in [0.1, 0.15) is 0 Å². The second-order valence-electron chi connectivity index (χ2n) is 5.76. The summed E-state index contributed by atoms with van der Waals surface area (Å²) in [4.78, 5) is 20.5. The van der Waals surface area contributed by atoms with Crippen LogP contribution in [0.2, 0.25) is 0 Å². The van der Waals surface area contributed by atoms with Gasteiger partial charge in [-0.1, -0.05) is 0 Å². The smallest absolute Gasteiger partial charge is 0.257 e. The van der Waals surface area contributed by atoms with Crippen molar-refractivity contribution in [3.8, 4) is 0 Å². The first kappa shape index (κ1) is 14.2. The summed E-state index contributed by atoms with van der Waals surface area (Å²) in [5, 5.41) is 0. The third-order valence-electron chi connectivity index (χ3n) is 4.69. The van der Waals surface area contributed by atoms with Gasteiger partial charge >= 0.3 is 0 Å². The number of amides is 1. The highest BCUT2D eigenvalue weighted by molar-refractivity contribution is 5.95. The van der Waals surface area contributed by atoms with Crippen LogP contribution in [0.3, 0.4) is 0 Å². The van der Waals surface area contributed by atoms with Gasteiger partial charge in [0.25, 0.3) is 5.91 Å². The molecular weight excluding hydrogens is 273 g/mol. The number of hydrogen-bond acceptors (Lipinski definition) is 5. The fraction of sp³-hybridized carbons (Fsp3) is 0.571. The zero-order valence-corrected chi connectivity index (χ0v) is 12.1. The molecule has 2 fully saturated rings. The summed E-state index contributed by atoms with van der Waals surface area (Å²) in [6, 6.07) is 2.32. The van der Waals surface area contributed by atoms with Gasteiger partial charge in [0.15, 0.2) is 11.6 Å². The molecule has 0 radical (unpaired) electrons. The average Bonchev–Trinajstić information content (AvgIpc) is 2.72. The van der Waals surface area contributed by atoms with Crippen molar-refractivity contribution in [1.82, 2.24) is 14.8 Å². The molecule has 2 unspecified atom stereocenters. The molecule has 2 atom stereocenters. The van der Waals surface area contributed by atoms with Gasteiger partial charge < -0.3 is 10.3 Å². The minimum absolute atomic E-state index is 0.0263. The maximum absolute atomic E-state index is 14.2. The number of nitrogens with zero attached hydrogens (tertiary/aromatic N) is 3. The lowest BCUT2D eigenvalue weighted by atomic mass is 10.1. The van der Waals surface area contributed by atoms with E-state index in [1.54, 1.807) is 4.90 Å². The molecule has 2 aliphatic heterocycles. The van der Waals surface area contributed by atoms with Gasteiger partial charge in [0.2, 0.25) is 0 Å². The molecule has 0 spiro atoms. The molecule has 1 aromatic heterocycles. The molecule has 3 rings (SSSR count). The van der Waals surface area contributed by atoms with Gasteiger partial charge in [0, 0.05) is 31.4 Å². The summed E-state index contributed by atoms with van der Waals surface area (Å²) in [5.74, 6) is 4.13. The molecule has 7 heteroatoms. The van der Waals surface area contributed by atoms with Crippen LogP contribution >= 0.6 is 0 Å². The van der Waals surface area contributed by atoms with E-state index >= 15 is 0 Å². The van der Waals surface area contributed by atoms with Crippen molar-refractivity contribution < 1.29 is 9.18 Å². The van der Waals surface area contributed by atoms with Gasteiger partial charge in [-0.25, -0.2) is 15.2 Å². The molecule has 1 amide bonds. The highest BCUT2D eigenvalue weighted by atomic mass is 19.1. The number of nitrogen functional groups attached to an aromatic ring is 1. The topological polar surface area (TPSA) is 74.5 Å². The summed E-state index contributed by atoms with van der Waals surface area (Å²) in [6.07, 6.45) is 4.61. The number of hydrazine groups is 1. The van der Waals surface area contributed by atoms with Crippen LogP contribution in [0.5, 0.6) is 0 Å². The Morgan fingerprint density at radius 3 is 2.95 bits per heavy atom. The Kier molecular flexibility index (Phi) is 3.77. The zero-order chi connectivity index (χ0) is 15.0. The fourth-order valence-corrected chi connectivity index (χ4v) is 3.37. The van der Waals surface area contributed by atoms with Crippen molar-refractivity contribution in [3.63, 3.8) is 0 Å². The van der Waals surface area contributed by atoms with E-state index in [0.29, 0.717) is 25.2 Å². The van der Waals surface area contributed by atoms with E-state index in [1.165, 1.54) is 18.7 Å². The SMILES string of the molecule is CN1C2CCC1CN(C(=O)c1ccnc(NN)c1F)CC2. The Balaban J connectivity index is 1.82. The first-order chi connectivity index (χ1) is 10.1. The molecule has 21 heavy (non-hydrogen) atoms. The summed E-state index contributed by atoms with van der Waals surface area (Å²) in [5.41, 5.74) is 2.20. The molecule has 2 saturated heterocycles. The molecule has 2 aliphatic rings. The average molecular weight is 293 g/mol. The van der Waals surface area contributed by atoms with E-state index < -0.39 is 5.82 Å². The van der Waals surface area contributed by atoms with Crippen LogP contribution in [0.25, 0.3) is 0 Å². The Morgan fingerprint density at radius 1 is 1.43 bits per heavy atom. The lowest BCUT2D eigenvalue weighted by Crippen LogP contribution is -2.40. The molecule has 2 bridgehead atoms. The number of carbonyl (C=O) groups is 1. The maximum Gasteiger partial charge on any atom is 0.257 e. The highest BCUT2D eigenvalue weighted by Crippen LogP contribution is 2.29. The van der Waals surface area contributed by atoms with E-state index in [0.717, 1.165) is 12.8 Å². The number of nitrogens with two attached hydrogens (primary N) is 1. The van der Waals surface area contributed by atoms with Crippen molar-refractivity contribution in [2.75, 3.05) is 25.6 Å². The van der Waals surface area contributed by atoms with E-state index in [1.807, 2.05) is 0 Å². The van der Waals surface area contributed by atoms with Crippen molar-refractivity contribution in [2.24, 2.45) is 5.84 Å². The molecule has 1 aromatic rings. The van der Waals surface area contributed by atoms with Crippen LogP contribution in [0.1, 0.15) is 29.6 Å². The first-order valence-corrected chi connectivity index (χ1v) is 7.24. The zero-order valence-electron chi connectivity index (χ0n) is 12.1. The predicted molar refractivity (Wildman–Crippen MR) is 77.1 cm³/mol. The van der Waals surface area contributed by atoms with Gasteiger partial charge in [-0.2, -0.15) is 0 Å². The molecule has 0 aliphatic carbocycles. The van der Waals surface area contributed by atoms with E-state index in [9.17, 15) is 9.18 Å². The number of pyridine rings is 1. The normalized spacial score (nSPS) is 25.8. The van der Waals surface area contributed by atoms with Crippen LogP contribution in [-0.2, 0) is 0 Å². The second-order valence-corrected chi connectivity index (χ2v) is 5.76. The molecular formula is C14H20FN5O. The number of rotatable bonds is 2. The van der Waals surface area contributed by atoms with Crippen molar-refractivity contribution in [3.05, 3.63) is 23.6 Å². The highest BCUT2D eigenvalue weighted by Gasteiger charge is 2.36. The number of halogens is 1. The maximum atomic E-state index is 14.2. The van der Waals surface area contributed by atoms with Crippen molar-refractivity contribution in [1.29, 1.82) is 0 Å². The van der Waals surface area contributed by atoms with Crippen molar-refractivity contribution >= 4 is 11.7 Å². The Morgan fingerprint density at radius 2 is 2.19 bits per heavy atom. The quantitative estimate of drug-likeness (QED) is 0.623. The number of fused-ring (bicyclic) bond motifs is 2. The standard InChI is InChI=1S/C14H20FN5O/c1-19-9-2-3-10(19)8-20(7-5-9)14(21)11-4-6-17-13(18-16)12(11)15/h4,6,9-10H,2-3,5,7-8,16H2,1H3,(H,17,18). The van der Waals surface area contributed by atoms with Crippen molar-refractivity contribution in [2.45, 2.75) is 31.3 Å². The largest absolute Gasteiger partial charge is 0.337 e. The number of likely N-dealkylation sites (N-methyl/N-ethyl adjacent to an activating group) is 1. The molecule has 0 aromatic carbocycles. The van der Waals surface area contributed by atoms with Crippen LogP contribution in [-0.4, -0.2) is 52.9 Å². The van der Waals surface area contributed by atoms with Gasteiger partial charge in [-0.05, 0) is 32.4 Å². The molecule has 3 heterocycles. The molecule has 0 saturated carbocycles. The van der Waals surface area contributed by atoms with Crippen LogP contribution in [0, 0.1) is 5.82 Å². The number of hydrogen-bond donors (Lipinski definition) is 2. The Hall–Kier alpha value is -1.73. The third kappa shape index (κ3) is 2.47. The first-order valence-electron chi connectivity index (χ1n) is 7.24. The van der Waals surface area contributed by atoms with E-state index in [4.69, 9.17) is 5.84 Å². The third-order valence-corrected chi connectivity index (χ3v) is 4.69. The molecule has 6 nitrogen and oxygen atoms in total. The Labute approximate surface area is 123 Å². The van der Waals surface area contributed by atoms with Crippen LogP contribution in [0.4, 0.5) is 10.2 Å². The number of likely N-dealkylation sites (tertiary alicyclic amines) is 1. The summed E-state index contributed by atoms with van der Waals surface area (Å²) in [6.45, 7) is 1.32. The van der Waals surface area contributed by atoms with E-state index in [-0.39, 0.29) is 17.3 Å². The van der Waals surface area contributed by atoms with Crippen LogP contribution < -0.4 is 11.3 Å². The predicted octanol–water partition coefficient (Wildman–Crippen LogP) is 0.815. The number of carbonyl (C=O) groups excluding carboxylic acids is 1. The van der Waals surface area contributed by atoms with E-state index in [2.05, 4.69) is 22.4 Å². The molecule has 3 N–H and O–H groups in total. The summed E-state index contributed by atoms with van der Waals surface area (Å²) in [7, 11) is 2.11.